The van der Waals surface area contributed by atoms with Crippen molar-refractivity contribution in [3.05, 3.63) is 23.8 Å². The Balaban J connectivity index is 1.17. The molecule has 14 nitrogen and oxygen atoms in total. The number of aliphatic hydroxyl groups excluding tert-OH is 1. The number of nitrogens with zero attached hydrogens (tertiary/aromatic N) is 3. The predicted octanol–water partition coefficient (Wildman–Crippen LogP) is 1.78. The van der Waals surface area contributed by atoms with Crippen LogP contribution in [-0.2, 0) is 30.2 Å². The molecule has 5 atom stereocenters. The number of nitrogens with one attached hydrogen (secondary N) is 2. The van der Waals surface area contributed by atoms with Crippen molar-refractivity contribution in [2.75, 3.05) is 37.2 Å². The Morgan fingerprint density at radius 2 is 1.68 bits per heavy atom. The lowest BCUT2D eigenvalue weighted by Gasteiger charge is -2.36. The number of ether oxygens (including phenoxy) is 8. The summed E-state index contributed by atoms with van der Waals surface area (Å²) in [6, 6.07) is 5.78. The van der Waals surface area contributed by atoms with Gasteiger partial charge in [-0.1, -0.05) is 12.1 Å². The van der Waals surface area contributed by atoms with E-state index in [-0.39, 0.29) is 26.0 Å². The Kier molecular flexibility index (Phi) is 7.31. The van der Waals surface area contributed by atoms with Crippen LogP contribution in [0.5, 0.6) is 17.5 Å². The summed E-state index contributed by atoms with van der Waals surface area (Å²) >= 11 is 0. The zero-order chi connectivity index (χ0) is 27.9. The van der Waals surface area contributed by atoms with Crippen LogP contribution in [0.25, 0.3) is 0 Å². The molecule has 4 aliphatic heterocycles. The molecule has 3 fully saturated rings. The van der Waals surface area contributed by atoms with Crippen molar-refractivity contribution in [3.63, 3.8) is 0 Å². The van der Waals surface area contributed by atoms with Crippen LogP contribution in [0, 0.1) is 0 Å². The smallest absolute Gasteiger partial charge is 0.323 e. The summed E-state index contributed by atoms with van der Waals surface area (Å²) in [5, 5.41) is 15.5. The number of benzene rings is 1. The average Bonchev–Trinajstić information content (AvgIpc) is 3.60. The number of para-hydroxylation sites is 1. The van der Waals surface area contributed by atoms with Crippen molar-refractivity contribution in [3.8, 4) is 17.5 Å². The van der Waals surface area contributed by atoms with Gasteiger partial charge in [0.05, 0.1) is 0 Å². The van der Waals surface area contributed by atoms with Crippen molar-refractivity contribution in [1.29, 1.82) is 0 Å². The van der Waals surface area contributed by atoms with Crippen LogP contribution in [0.3, 0.4) is 0 Å². The van der Waals surface area contributed by atoms with Crippen LogP contribution >= 0.6 is 0 Å². The summed E-state index contributed by atoms with van der Waals surface area (Å²) in [5.41, 5.74) is 0.895. The van der Waals surface area contributed by atoms with Crippen LogP contribution in [0.2, 0.25) is 0 Å². The van der Waals surface area contributed by atoms with E-state index in [9.17, 15) is 5.11 Å². The molecule has 5 heterocycles. The highest BCUT2D eigenvalue weighted by Gasteiger charge is 2.60. The first-order valence-corrected chi connectivity index (χ1v) is 13.4. The molecule has 1 aromatic carbocycles. The SMILES string of the molecule is CC1(C)O[C@H]2[C@@H](O1)[C@@H](COc1nc(NCCCO)nc(NCc3cccc4c3OCO4)n1)O[C@@H]1OC(C)(C)O[C@@H]12. The van der Waals surface area contributed by atoms with Gasteiger partial charge in [0.25, 0.3) is 0 Å². The molecule has 6 rings (SSSR count). The third-order valence-electron chi connectivity index (χ3n) is 6.78. The van der Waals surface area contributed by atoms with Gasteiger partial charge in [0.2, 0.25) is 18.7 Å². The minimum absolute atomic E-state index is 0.0402. The molecular weight excluding hydrogens is 526 g/mol. The fraction of sp³-hybridized carbons (Fsp3) is 0.654. The molecule has 218 valence electrons. The number of rotatable bonds is 10. The van der Waals surface area contributed by atoms with E-state index >= 15 is 0 Å². The maximum Gasteiger partial charge on any atom is 0.323 e. The normalized spacial score (nSPS) is 29.1. The molecule has 0 amide bonds. The van der Waals surface area contributed by atoms with E-state index in [1.807, 2.05) is 45.9 Å². The minimum Gasteiger partial charge on any atom is -0.460 e. The maximum absolute atomic E-state index is 9.17. The Morgan fingerprint density at radius 3 is 2.50 bits per heavy atom. The second kappa shape index (κ2) is 10.8. The van der Waals surface area contributed by atoms with E-state index < -0.39 is 42.3 Å². The maximum atomic E-state index is 9.17. The Bertz CT molecular complexity index is 1220. The lowest BCUT2D eigenvalue weighted by Crippen LogP contribution is -2.56. The summed E-state index contributed by atoms with van der Waals surface area (Å²) < 4.78 is 47.7. The fourth-order valence-electron chi connectivity index (χ4n) is 5.15. The topological polar surface area (TPSA) is 157 Å². The summed E-state index contributed by atoms with van der Waals surface area (Å²) in [6.07, 6.45) is -1.90. The van der Waals surface area contributed by atoms with E-state index in [1.165, 1.54) is 0 Å². The molecule has 14 heteroatoms. The number of hydrogen-bond acceptors (Lipinski definition) is 14. The summed E-state index contributed by atoms with van der Waals surface area (Å²) in [5.74, 6) is 0.351. The predicted molar refractivity (Wildman–Crippen MR) is 138 cm³/mol. The Morgan fingerprint density at radius 1 is 0.925 bits per heavy atom. The molecule has 40 heavy (non-hydrogen) atoms. The third-order valence-corrected chi connectivity index (χ3v) is 6.78. The second-order valence-corrected chi connectivity index (χ2v) is 10.8. The van der Waals surface area contributed by atoms with Gasteiger partial charge in [-0.2, -0.15) is 15.0 Å². The molecule has 3 N–H and O–H groups in total. The number of aliphatic hydroxyl groups is 1. The molecule has 0 spiro atoms. The van der Waals surface area contributed by atoms with Crippen molar-refractivity contribution >= 4 is 11.9 Å². The lowest BCUT2D eigenvalue weighted by molar-refractivity contribution is -0.238. The first-order valence-electron chi connectivity index (χ1n) is 13.4. The van der Waals surface area contributed by atoms with Crippen molar-refractivity contribution in [1.82, 2.24) is 15.0 Å². The van der Waals surface area contributed by atoms with Crippen LogP contribution in [-0.4, -0.2) is 88.9 Å². The molecule has 0 saturated carbocycles. The van der Waals surface area contributed by atoms with E-state index in [0.29, 0.717) is 42.9 Å². The lowest BCUT2D eigenvalue weighted by atomic mass is 9.99. The van der Waals surface area contributed by atoms with Gasteiger partial charge < -0.3 is 53.6 Å². The molecule has 0 aliphatic carbocycles. The van der Waals surface area contributed by atoms with Gasteiger partial charge in [-0.3, -0.25) is 0 Å². The van der Waals surface area contributed by atoms with Gasteiger partial charge >= 0.3 is 6.01 Å². The number of hydrogen-bond donors (Lipinski definition) is 3. The first kappa shape index (κ1) is 27.2. The highest BCUT2D eigenvalue weighted by Crippen LogP contribution is 2.44. The van der Waals surface area contributed by atoms with Crippen molar-refractivity contribution < 1.29 is 43.0 Å². The summed E-state index contributed by atoms with van der Waals surface area (Å²) in [4.78, 5) is 13.3. The highest BCUT2D eigenvalue weighted by molar-refractivity contribution is 5.49. The molecule has 0 bridgehead atoms. The molecule has 0 radical (unpaired) electrons. The van der Waals surface area contributed by atoms with Crippen LogP contribution in [0.4, 0.5) is 11.9 Å². The van der Waals surface area contributed by atoms with Gasteiger partial charge in [-0.05, 0) is 40.2 Å². The standard InChI is InChI=1S/C26H35N5O9/c1-25(2)37-18-16(36-21-20(19(18)38-25)39-26(3,4)40-21)12-33-24-30-22(27-9-6-10-32)29-23(31-24)28-11-14-7-5-8-15-17(14)35-13-34-15/h5,7-8,16,18-21,32H,6,9-13H2,1-4H3,(H2,27,28,29,30,31)/t16-,18+,19+,20-,21-/m1/s1. The molecule has 2 aromatic rings. The third kappa shape index (κ3) is 5.73. The number of aromatic nitrogens is 3. The average molecular weight is 562 g/mol. The highest BCUT2D eigenvalue weighted by atomic mass is 16.9. The van der Waals surface area contributed by atoms with E-state index in [0.717, 1.165) is 5.56 Å². The Labute approximate surface area is 231 Å². The monoisotopic (exact) mass is 561 g/mol. The summed E-state index contributed by atoms with van der Waals surface area (Å²) in [7, 11) is 0. The zero-order valence-electron chi connectivity index (χ0n) is 22.9. The molecule has 1 aromatic heterocycles. The van der Waals surface area contributed by atoms with Crippen molar-refractivity contribution in [2.45, 2.75) is 82.9 Å². The zero-order valence-corrected chi connectivity index (χ0v) is 22.9. The van der Waals surface area contributed by atoms with E-state index in [2.05, 4.69) is 25.6 Å². The van der Waals surface area contributed by atoms with Crippen LogP contribution in [0.15, 0.2) is 18.2 Å². The van der Waals surface area contributed by atoms with Gasteiger partial charge in [0, 0.05) is 25.3 Å². The van der Waals surface area contributed by atoms with Gasteiger partial charge in [-0.25, -0.2) is 0 Å². The largest absolute Gasteiger partial charge is 0.460 e. The van der Waals surface area contributed by atoms with Gasteiger partial charge in [-0.15, -0.1) is 0 Å². The first-order chi connectivity index (χ1) is 19.2. The summed E-state index contributed by atoms with van der Waals surface area (Å²) in [6.45, 7) is 8.54. The van der Waals surface area contributed by atoms with E-state index in [4.69, 9.17) is 37.9 Å². The Hall–Kier alpha value is -3.01. The molecule has 3 saturated heterocycles. The van der Waals surface area contributed by atoms with Crippen LogP contribution in [0.1, 0.15) is 39.7 Å². The molecule has 4 aliphatic rings. The molecule has 0 unspecified atom stereocenters. The van der Waals surface area contributed by atoms with Crippen LogP contribution < -0.4 is 24.8 Å². The molecular formula is C26H35N5O9. The van der Waals surface area contributed by atoms with Crippen molar-refractivity contribution in [2.24, 2.45) is 0 Å². The van der Waals surface area contributed by atoms with E-state index in [1.54, 1.807) is 0 Å². The second-order valence-electron chi connectivity index (χ2n) is 10.8. The fourth-order valence-corrected chi connectivity index (χ4v) is 5.15. The minimum atomic E-state index is -0.817. The number of anilines is 2. The number of fused-ring (bicyclic) bond motifs is 4. The van der Waals surface area contributed by atoms with Gasteiger partial charge in [0.15, 0.2) is 29.4 Å². The quantitative estimate of drug-likeness (QED) is 0.361. The van der Waals surface area contributed by atoms with Gasteiger partial charge in [0.1, 0.15) is 31.0 Å².